The molecule has 0 saturated heterocycles. The molecule has 1 aromatic heterocycles. The maximum atomic E-state index is 10.4. The Morgan fingerprint density at radius 1 is 1.56 bits per heavy atom. The number of nitrogens with zero attached hydrogens (tertiary/aromatic N) is 2. The summed E-state index contributed by atoms with van der Waals surface area (Å²) in [6, 6.07) is 0. The van der Waals surface area contributed by atoms with Crippen LogP contribution in [-0.2, 0) is 23.8 Å². The van der Waals surface area contributed by atoms with Gasteiger partial charge in [0.1, 0.15) is 0 Å². The van der Waals surface area contributed by atoms with E-state index in [-0.39, 0.29) is 12.0 Å². The molecule has 0 aromatic carbocycles. The molecule has 2 N–H and O–H groups in total. The van der Waals surface area contributed by atoms with Crippen LogP contribution < -0.4 is 5.32 Å². The summed E-state index contributed by atoms with van der Waals surface area (Å²) >= 11 is 0. The molecule has 5 nitrogen and oxygen atoms in total. The van der Waals surface area contributed by atoms with Gasteiger partial charge in [0.2, 0.25) is 0 Å². The van der Waals surface area contributed by atoms with E-state index in [1.807, 2.05) is 13.2 Å². The molecule has 16 heavy (non-hydrogen) atoms. The number of carboxylic acid groups (broad SMARTS) is 1. The molecule has 1 rings (SSSR count). The second-order valence-electron chi connectivity index (χ2n) is 4.92. The fourth-order valence-electron chi connectivity index (χ4n) is 1.60. The molecule has 0 aliphatic heterocycles. The van der Waals surface area contributed by atoms with Gasteiger partial charge in [0.25, 0.3) is 0 Å². The molecular formula is C11H19N3O2. The van der Waals surface area contributed by atoms with E-state index in [1.165, 1.54) is 0 Å². The Morgan fingerprint density at radius 3 is 2.69 bits per heavy atom. The average molecular weight is 225 g/mol. The van der Waals surface area contributed by atoms with Crippen molar-refractivity contribution in [2.45, 2.75) is 32.7 Å². The van der Waals surface area contributed by atoms with Crippen LogP contribution in [0.2, 0.25) is 0 Å². The predicted molar refractivity (Wildman–Crippen MR) is 61.3 cm³/mol. The maximum Gasteiger partial charge on any atom is 0.317 e. The fourth-order valence-corrected chi connectivity index (χ4v) is 1.60. The molecule has 0 aliphatic rings. The molecule has 0 bridgehead atoms. The van der Waals surface area contributed by atoms with E-state index in [1.54, 1.807) is 4.68 Å². The van der Waals surface area contributed by atoms with Gasteiger partial charge in [-0.2, -0.15) is 5.10 Å². The van der Waals surface area contributed by atoms with Crippen molar-refractivity contribution < 1.29 is 9.90 Å². The first kappa shape index (κ1) is 12.7. The minimum absolute atomic E-state index is 0.0263. The molecule has 0 amide bonds. The van der Waals surface area contributed by atoms with Gasteiger partial charge in [-0.15, -0.1) is 0 Å². The van der Waals surface area contributed by atoms with Crippen molar-refractivity contribution >= 4 is 5.97 Å². The standard InChI is InChI=1S/C11H19N3O2/c1-11(2,3)10-8(7-14(4)13-10)5-12-6-9(15)16/h7,12H,5-6H2,1-4H3,(H,15,16). The third kappa shape index (κ3) is 3.34. The van der Waals surface area contributed by atoms with E-state index in [0.29, 0.717) is 6.54 Å². The lowest BCUT2D eigenvalue weighted by molar-refractivity contribution is -0.135. The van der Waals surface area contributed by atoms with E-state index in [4.69, 9.17) is 5.11 Å². The lowest BCUT2D eigenvalue weighted by atomic mass is 9.89. The summed E-state index contributed by atoms with van der Waals surface area (Å²) in [5, 5.41) is 15.8. The van der Waals surface area contributed by atoms with Gasteiger partial charge in [-0.1, -0.05) is 20.8 Å². The van der Waals surface area contributed by atoms with E-state index in [0.717, 1.165) is 11.3 Å². The Morgan fingerprint density at radius 2 is 2.19 bits per heavy atom. The van der Waals surface area contributed by atoms with Gasteiger partial charge in [0, 0.05) is 30.8 Å². The number of nitrogens with one attached hydrogen (secondary N) is 1. The highest BCUT2D eigenvalue weighted by molar-refractivity contribution is 5.69. The molecule has 0 fully saturated rings. The Kier molecular flexibility index (Phi) is 3.70. The summed E-state index contributed by atoms with van der Waals surface area (Å²) < 4.78 is 1.76. The van der Waals surface area contributed by atoms with Crippen LogP contribution in [0.15, 0.2) is 6.20 Å². The highest BCUT2D eigenvalue weighted by Crippen LogP contribution is 2.23. The van der Waals surface area contributed by atoms with Crippen LogP contribution in [0.4, 0.5) is 0 Å². The van der Waals surface area contributed by atoms with Crippen molar-refractivity contribution in [3.05, 3.63) is 17.5 Å². The summed E-state index contributed by atoms with van der Waals surface area (Å²) in [5.41, 5.74) is 2.03. The number of aryl methyl sites for hydroxylation is 1. The van der Waals surface area contributed by atoms with Gasteiger partial charge in [0.15, 0.2) is 0 Å². The van der Waals surface area contributed by atoms with Crippen LogP contribution in [0.5, 0.6) is 0 Å². The zero-order chi connectivity index (χ0) is 12.3. The Bertz CT molecular complexity index is 377. The number of aliphatic carboxylic acids is 1. The van der Waals surface area contributed by atoms with Crippen LogP contribution in [0.25, 0.3) is 0 Å². The number of rotatable bonds is 4. The molecule has 0 unspecified atom stereocenters. The molecule has 0 radical (unpaired) electrons. The Labute approximate surface area is 95.5 Å². The number of carboxylic acids is 1. The number of hydrogen-bond acceptors (Lipinski definition) is 3. The summed E-state index contributed by atoms with van der Waals surface area (Å²) in [5.74, 6) is -0.846. The SMILES string of the molecule is Cn1cc(CNCC(=O)O)c(C(C)(C)C)n1. The van der Waals surface area contributed by atoms with Gasteiger partial charge in [-0.25, -0.2) is 0 Å². The van der Waals surface area contributed by atoms with E-state index < -0.39 is 5.97 Å². The first-order valence-corrected chi connectivity index (χ1v) is 5.26. The van der Waals surface area contributed by atoms with Gasteiger partial charge >= 0.3 is 5.97 Å². The summed E-state index contributed by atoms with van der Waals surface area (Å²) in [4.78, 5) is 10.4. The molecule has 1 aromatic rings. The number of hydrogen-bond donors (Lipinski definition) is 2. The average Bonchev–Trinajstić information content (AvgIpc) is 2.45. The van der Waals surface area contributed by atoms with Gasteiger partial charge in [-0.05, 0) is 0 Å². The van der Waals surface area contributed by atoms with Crippen molar-refractivity contribution in [3.63, 3.8) is 0 Å². The third-order valence-electron chi connectivity index (χ3n) is 2.21. The molecule has 1 heterocycles. The van der Waals surface area contributed by atoms with Gasteiger partial charge in [0.05, 0.1) is 12.2 Å². The number of aromatic nitrogens is 2. The predicted octanol–water partition coefficient (Wildman–Crippen LogP) is 0.892. The Balaban J connectivity index is 2.75. The molecule has 0 spiro atoms. The molecular weight excluding hydrogens is 206 g/mol. The zero-order valence-corrected chi connectivity index (χ0v) is 10.2. The molecule has 5 heteroatoms. The van der Waals surface area contributed by atoms with Crippen LogP contribution in [-0.4, -0.2) is 27.4 Å². The second-order valence-corrected chi connectivity index (χ2v) is 4.92. The van der Waals surface area contributed by atoms with Crippen molar-refractivity contribution in [1.29, 1.82) is 0 Å². The highest BCUT2D eigenvalue weighted by Gasteiger charge is 2.21. The molecule has 0 saturated carbocycles. The molecule has 0 atom stereocenters. The third-order valence-corrected chi connectivity index (χ3v) is 2.21. The molecule has 0 aliphatic carbocycles. The van der Waals surface area contributed by atoms with Gasteiger partial charge < -0.3 is 10.4 Å². The quantitative estimate of drug-likeness (QED) is 0.798. The van der Waals surface area contributed by atoms with Crippen molar-refractivity contribution in [1.82, 2.24) is 15.1 Å². The lowest BCUT2D eigenvalue weighted by Gasteiger charge is -2.17. The highest BCUT2D eigenvalue weighted by atomic mass is 16.4. The largest absolute Gasteiger partial charge is 0.480 e. The van der Waals surface area contributed by atoms with Crippen LogP contribution in [0, 0.1) is 0 Å². The Hall–Kier alpha value is -1.36. The first-order chi connectivity index (χ1) is 7.30. The smallest absolute Gasteiger partial charge is 0.317 e. The molecule has 90 valence electrons. The minimum atomic E-state index is -0.846. The van der Waals surface area contributed by atoms with E-state index in [9.17, 15) is 4.79 Å². The topological polar surface area (TPSA) is 67.2 Å². The maximum absolute atomic E-state index is 10.4. The van der Waals surface area contributed by atoms with Crippen LogP contribution in [0.1, 0.15) is 32.0 Å². The van der Waals surface area contributed by atoms with Gasteiger partial charge in [-0.3, -0.25) is 9.48 Å². The van der Waals surface area contributed by atoms with Crippen molar-refractivity contribution in [2.24, 2.45) is 7.05 Å². The zero-order valence-electron chi connectivity index (χ0n) is 10.2. The van der Waals surface area contributed by atoms with E-state index in [2.05, 4.69) is 31.2 Å². The summed E-state index contributed by atoms with van der Waals surface area (Å²) in [7, 11) is 1.87. The summed E-state index contributed by atoms with van der Waals surface area (Å²) in [6.45, 7) is 6.79. The summed E-state index contributed by atoms with van der Waals surface area (Å²) in [6.07, 6.45) is 1.93. The second kappa shape index (κ2) is 4.65. The van der Waals surface area contributed by atoms with E-state index >= 15 is 0 Å². The number of carbonyl (C=O) groups is 1. The van der Waals surface area contributed by atoms with Crippen LogP contribution >= 0.6 is 0 Å². The van der Waals surface area contributed by atoms with Crippen molar-refractivity contribution in [2.75, 3.05) is 6.54 Å². The normalized spacial score (nSPS) is 11.8. The monoisotopic (exact) mass is 225 g/mol. The first-order valence-electron chi connectivity index (χ1n) is 5.26. The lowest BCUT2D eigenvalue weighted by Crippen LogP contribution is -2.24. The van der Waals surface area contributed by atoms with Crippen molar-refractivity contribution in [3.8, 4) is 0 Å². The fraction of sp³-hybridized carbons (Fsp3) is 0.636. The van der Waals surface area contributed by atoms with Crippen LogP contribution in [0.3, 0.4) is 0 Å². The minimum Gasteiger partial charge on any atom is -0.480 e.